The molecule has 2 aromatic carbocycles. The first-order valence-corrected chi connectivity index (χ1v) is 8.78. The average molecular weight is 360 g/mol. The van der Waals surface area contributed by atoms with Crippen molar-refractivity contribution in [1.29, 1.82) is 0 Å². The minimum Gasteiger partial charge on any atom is -0.505 e. The zero-order valence-electron chi connectivity index (χ0n) is 14.9. The second-order valence-electron chi connectivity index (χ2n) is 6.47. The van der Waals surface area contributed by atoms with E-state index in [2.05, 4.69) is 15.3 Å². The topological polar surface area (TPSA) is 104 Å². The van der Waals surface area contributed by atoms with Crippen LogP contribution in [0, 0.1) is 6.92 Å². The molecule has 27 heavy (non-hydrogen) atoms. The van der Waals surface area contributed by atoms with Crippen LogP contribution >= 0.6 is 0 Å². The molecule has 0 saturated heterocycles. The number of nitrogens with zero attached hydrogens (tertiary/aromatic N) is 1. The summed E-state index contributed by atoms with van der Waals surface area (Å²) in [7, 11) is 0. The standard InChI is InChI=1S/C21H20N4O2/c1-12-6-7-14-15(21(27)23-9-8-22)10-18(25-19(14)20(12)26)16-11-24-17-5-3-2-4-13(16)17/h2-7,10-11,24,26H,8-9,22H2,1H3,(H,23,27). The van der Waals surface area contributed by atoms with Crippen molar-refractivity contribution in [2.75, 3.05) is 13.1 Å². The predicted octanol–water partition coefficient (Wildman–Crippen LogP) is 3.09. The van der Waals surface area contributed by atoms with Gasteiger partial charge in [0.25, 0.3) is 5.91 Å². The highest BCUT2D eigenvalue weighted by molar-refractivity contribution is 6.09. The zero-order valence-corrected chi connectivity index (χ0v) is 14.9. The van der Waals surface area contributed by atoms with Crippen molar-refractivity contribution in [3.8, 4) is 17.0 Å². The minimum atomic E-state index is -0.239. The normalized spacial score (nSPS) is 11.2. The number of aryl methyl sites for hydroxylation is 1. The number of benzene rings is 2. The molecule has 2 aromatic heterocycles. The number of nitrogens with two attached hydrogens (primary N) is 1. The summed E-state index contributed by atoms with van der Waals surface area (Å²) in [4.78, 5) is 20.6. The van der Waals surface area contributed by atoms with Gasteiger partial charge in [-0.3, -0.25) is 4.79 Å². The number of amides is 1. The summed E-state index contributed by atoms with van der Waals surface area (Å²) < 4.78 is 0. The van der Waals surface area contributed by atoms with Gasteiger partial charge in [0, 0.05) is 41.1 Å². The van der Waals surface area contributed by atoms with E-state index in [0.717, 1.165) is 16.5 Å². The molecule has 0 spiro atoms. The van der Waals surface area contributed by atoms with Crippen LogP contribution in [-0.4, -0.2) is 34.1 Å². The molecular formula is C21H20N4O2. The molecule has 136 valence electrons. The molecule has 0 bridgehead atoms. The molecule has 0 radical (unpaired) electrons. The summed E-state index contributed by atoms with van der Waals surface area (Å²) >= 11 is 0. The third-order valence-electron chi connectivity index (χ3n) is 4.70. The molecule has 4 rings (SSSR count). The molecule has 0 unspecified atom stereocenters. The number of carbonyl (C=O) groups is 1. The molecule has 0 aliphatic heterocycles. The van der Waals surface area contributed by atoms with E-state index < -0.39 is 0 Å². The quantitative estimate of drug-likeness (QED) is 0.449. The lowest BCUT2D eigenvalue weighted by atomic mass is 10.0. The zero-order chi connectivity index (χ0) is 19.0. The van der Waals surface area contributed by atoms with Gasteiger partial charge < -0.3 is 21.1 Å². The van der Waals surface area contributed by atoms with Gasteiger partial charge >= 0.3 is 0 Å². The SMILES string of the molecule is Cc1ccc2c(C(=O)NCCN)cc(-c3c[nH]c4ccccc34)nc2c1O. The summed E-state index contributed by atoms with van der Waals surface area (Å²) in [5.74, 6) is -0.153. The van der Waals surface area contributed by atoms with Crippen molar-refractivity contribution in [2.45, 2.75) is 6.92 Å². The van der Waals surface area contributed by atoms with Gasteiger partial charge in [-0.2, -0.15) is 0 Å². The molecule has 5 N–H and O–H groups in total. The lowest BCUT2D eigenvalue weighted by Gasteiger charge is -2.12. The number of para-hydroxylation sites is 1. The first-order chi connectivity index (χ1) is 13.1. The molecule has 0 aliphatic rings. The second kappa shape index (κ2) is 6.74. The van der Waals surface area contributed by atoms with Crippen LogP contribution in [0.2, 0.25) is 0 Å². The van der Waals surface area contributed by atoms with Crippen LogP contribution in [0.5, 0.6) is 5.75 Å². The Morgan fingerprint density at radius 3 is 2.85 bits per heavy atom. The van der Waals surface area contributed by atoms with E-state index in [9.17, 15) is 9.90 Å². The molecule has 0 atom stereocenters. The van der Waals surface area contributed by atoms with Crippen LogP contribution in [0.25, 0.3) is 33.1 Å². The number of hydrogen-bond acceptors (Lipinski definition) is 4. The summed E-state index contributed by atoms with van der Waals surface area (Å²) in [6.45, 7) is 2.54. The van der Waals surface area contributed by atoms with Crippen molar-refractivity contribution in [3.63, 3.8) is 0 Å². The molecule has 4 aromatic rings. The van der Waals surface area contributed by atoms with Crippen molar-refractivity contribution in [1.82, 2.24) is 15.3 Å². The monoisotopic (exact) mass is 360 g/mol. The highest BCUT2D eigenvalue weighted by atomic mass is 16.3. The number of H-pyrrole nitrogens is 1. The van der Waals surface area contributed by atoms with Crippen molar-refractivity contribution < 1.29 is 9.90 Å². The average Bonchev–Trinajstić information content (AvgIpc) is 3.12. The van der Waals surface area contributed by atoms with E-state index >= 15 is 0 Å². The van der Waals surface area contributed by atoms with Crippen LogP contribution in [0.3, 0.4) is 0 Å². The van der Waals surface area contributed by atoms with Gasteiger partial charge in [0.2, 0.25) is 0 Å². The number of nitrogens with one attached hydrogen (secondary N) is 2. The highest BCUT2D eigenvalue weighted by Gasteiger charge is 2.18. The Kier molecular flexibility index (Phi) is 4.25. The Balaban J connectivity index is 1.98. The fourth-order valence-electron chi connectivity index (χ4n) is 3.27. The number of aromatic hydroxyl groups is 1. The first kappa shape index (κ1) is 17.1. The van der Waals surface area contributed by atoms with Gasteiger partial charge in [0.15, 0.2) is 0 Å². The Labute approximate surface area is 156 Å². The maximum absolute atomic E-state index is 12.7. The largest absolute Gasteiger partial charge is 0.505 e. The lowest BCUT2D eigenvalue weighted by molar-refractivity contribution is 0.0956. The molecule has 0 aliphatic carbocycles. The maximum Gasteiger partial charge on any atom is 0.252 e. The van der Waals surface area contributed by atoms with Gasteiger partial charge in [-0.1, -0.05) is 30.3 Å². The smallest absolute Gasteiger partial charge is 0.252 e. The number of rotatable bonds is 4. The minimum absolute atomic E-state index is 0.0852. The molecule has 0 saturated carbocycles. The van der Waals surface area contributed by atoms with Crippen molar-refractivity contribution >= 4 is 27.7 Å². The molecule has 1 amide bonds. The number of aromatic nitrogens is 2. The summed E-state index contributed by atoms with van der Waals surface area (Å²) in [6, 6.07) is 13.2. The van der Waals surface area contributed by atoms with E-state index in [-0.39, 0.29) is 11.7 Å². The lowest BCUT2D eigenvalue weighted by Crippen LogP contribution is -2.29. The number of aromatic amines is 1. The molecule has 6 nitrogen and oxygen atoms in total. The predicted molar refractivity (Wildman–Crippen MR) is 107 cm³/mol. The van der Waals surface area contributed by atoms with Crippen LogP contribution in [0.1, 0.15) is 15.9 Å². The van der Waals surface area contributed by atoms with Gasteiger partial charge in [-0.15, -0.1) is 0 Å². The van der Waals surface area contributed by atoms with Crippen molar-refractivity contribution in [2.24, 2.45) is 5.73 Å². The van der Waals surface area contributed by atoms with Crippen LogP contribution in [-0.2, 0) is 0 Å². The molecule has 0 fully saturated rings. The Morgan fingerprint density at radius 1 is 1.22 bits per heavy atom. The number of fused-ring (bicyclic) bond motifs is 2. The molecule has 2 heterocycles. The number of phenolic OH excluding ortho intramolecular Hbond substituents is 1. The number of pyridine rings is 1. The third kappa shape index (κ3) is 2.90. The summed E-state index contributed by atoms with van der Waals surface area (Å²) in [5.41, 5.74) is 9.58. The van der Waals surface area contributed by atoms with E-state index in [4.69, 9.17) is 5.73 Å². The molecular weight excluding hydrogens is 340 g/mol. The van der Waals surface area contributed by atoms with Gasteiger partial charge in [-0.05, 0) is 24.6 Å². The number of hydrogen-bond donors (Lipinski definition) is 4. The summed E-state index contributed by atoms with van der Waals surface area (Å²) in [5, 5.41) is 15.0. The van der Waals surface area contributed by atoms with Crippen LogP contribution in [0.4, 0.5) is 0 Å². The third-order valence-corrected chi connectivity index (χ3v) is 4.70. The first-order valence-electron chi connectivity index (χ1n) is 8.78. The van der Waals surface area contributed by atoms with Gasteiger partial charge in [0.05, 0.1) is 11.3 Å². The van der Waals surface area contributed by atoms with Crippen molar-refractivity contribution in [3.05, 3.63) is 59.8 Å². The maximum atomic E-state index is 12.7. The Hall–Kier alpha value is -3.38. The van der Waals surface area contributed by atoms with E-state index in [1.165, 1.54) is 0 Å². The van der Waals surface area contributed by atoms with Gasteiger partial charge in [0.1, 0.15) is 11.3 Å². The molecule has 6 heteroatoms. The van der Waals surface area contributed by atoms with Crippen LogP contribution in [0.15, 0.2) is 48.7 Å². The van der Waals surface area contributed by atoms with E-state index in [1.54, 1.807) is 12.1 Å². The second-order valence-corrected chi connectivity index (χ2v) is 6.47. The summed E-state index contributed by atoms with van der Waals surface area (Å²) in [6.07, 6.45) is 1.87. The fourth-order valence-corrected chi connectivity index (χ4v) is 3.27. The van der Waals surface area contributed by atoms with Gasteiger partial charge in [-0.25, -0.2) is 4.98 Å². The van der Waals surface area contributed by atoms with E-state index in [1.807, 2.05) is 43.5 Å². The number of carbonyl (C=O) groups excluding carboxylic acids is 1. The van der Waals surface area contributed by atoms with Crippen LogP contribution < -0.4 is 11.1 Å². The fraction of sp³-hybridized carbons (Fsp3) is 0.143. The highest BCUT2D eigenvalue weighted by Crippen LogP contribution is 2.34. The Morgan fingerprint density at radius 2 is 2.04 bits per heavy atom. The number of phenols is 1. The Bertz CT molecular complexity index is 1160. The van der Waals surface area contributed by atoms with E-state index in [0.29, 0.717) is 40.8 Å².